The van der Waals surface area contributed by atoms with Gasteiger partial charge in [-0.25, -0.2) is 4.68 Å². The molecule has 4 heteroatoms. The van der Waals surface area contributed by atoms with Crippen LogP contribution in [0.5, 0.6) is 0 Å². The molecule has 16 heavy (non-hydrogen) atoms. The van der Waals surface area contributed by atoms with Crippen LogP contribution in [-0.2, 0) is 6.54 Å². The molecule has 2 aromatic rings. The molecule has 1 aromatic carbocycles. The van der Waals surface area contributed by atoms with Crippen LogP contribution < -0.4 is 5.56 Å². The van der Waals surface area contributed by atoms with Crippen molar-refractivity contribution in [1.29, 1.82) is 0 Å². The molecule has 0 amide bonds. The van der Waals surface area contributed by atoms with Crippen molar-refractivity contribution < 1.29 is 0 Å². The van der Waals surface area contributed by atoms with Gasteiger partial charge in [0.25, 0.3) is 5.56 Å². The summed E-state index contributed by atoms with van der Waals surface area (Å²) in [6.45, 7) is 0.765. The molecule has 0 unspecified atom stereocenters. The van der Waals surface area contributed by atoms with E-state index in [1.807, 2.05) is 18.2 Å². The summed E-state index contributed by atoms with van der Waals surface area (Å²) in [5.41, 5.74) is 0.0192. The standard InChI is InChI=1S/C12H11BrN2O/c13-10-4-3-9-6-14-15(7-8-1-2-8)12(16)11(9)5-10/h3-6,8H,1-2,7H2. The molecule has 0 aliphatic heterocycles. The van der Waals surface area contributed by atoms with Crippen LogP contribution in [0.4, 0.5) is 0 Å². The number of rotatable bonds is 2. The van der Waals surface area contributed by atoms with E-state index in [0.29, 0.717) is 5.92 Å². The molecule has 0 saturated heterocycles. The van der Waals surface area contributed by atoms with Gasteiger partial charge in [0.2, 0.25) is 0 Å². The van der Waals surface area contributed by atoms with Crippen molar-refractivity contribution >= 4 is 26.7 Å². The lowest BCUT2D eigenvalue weighted by Crippen LogP contribution is -2.23. The lowest BCUT2D eigenvalue weighted by Gasteiger charge is -2.04. The predicted octanol–water partition coefficient (Wildman–Crippen LogP) is 2.57. The van der Waals surface area contributed by atoms with Crippen molar-refractivity contribution in [2.45, 2.75) is 19.4 Å². The minimum atomic E-state index is 0.0192. The molecule has 3 rings (SSSR count). The van der Waals surface area contributed by atoms with Gasteiger partial charge in [0.1, 0.15) is 0 Å². The van der Waals surface area contributed by atoms with Gasteiger partial charge in [0.15, 0.2) is 0 Å². The van der Waals surface area contributed by atoms with E-state index in [1.165, 1.54) is 12.8 Å². The largest absolute Gasteiger partial charge is 0.274 e. The SMILES string of the molecule is O=c1c2cc(Br)ccc2cnn1CC1CC1. The van der Waals surface area contributed by atoms with Crippen molar-refractivity contribution in [3.63, 3.8) is 0 Å². The van der Waals surface area contributed by atoms with Gasteiger partial charge in [-0.3, -0.25) is 4.79 Å². The lowest BCUT2D eigenvalue weighted by molar-refractivity contribution is 0.538. The van der Waals surface area contributed by atoms with Crippen molar-refractivity contribution in [2.24, 2.45) is 5.92 Å². The number of nitrogens with zero attached hydrogens (tertiary/aromatic N) is 2. The van der Waals surface area contributed by atoms with Gasteiger partial charge in [0, 0.05) is 16.4 Å². The van der Waals surface area contributed by atoms with Gasteiger partial charge < -0.3 is 0 Å². The van der Waals surface area contributed by atoms with Crippen LogP contribution >= 0.6 is 15.9 Å². The molecular weight excluding hydrogens is 268 g/mol. The zero-order valence-electron chi connectivity index (χ0n) is 8.69. The minimum Gasteiger partial charge on any atom is -0.267 e. The normalized spacial score (nSPS) is 15.6. The van der Waals surface area contributed by atoms with Crippen LogP contribution in [0.1, 0.15) is 12.8 Å². The van der Waals surface area contributed by atoms with Gasteiger partial charge in [-0.15, -0.1) is 0 Å². The lowest BCUT2D eigenvalue weighted by atomic mass is 10.2. The molecule has 0 atom stereocenters. The zero-order chi connectivity index (χ0) is 11.1. The fourth-order valence-electron chi connectivity index (χ4n) is 1.82. The van der Waals surface area contributed by atoms with Crippen molar-refractivity contribution in [3.05, 3.63) is 39.2 Å². The van der Waals surface area contributed by atoms with Gasteiger partial charge >= 0.3 is 0 Å². The maximum absolute atomic E-state index is 12.1. The first-order valence-corrected chi connectivity index (χ1v) is 6.19. The van der Waals surface area contributed by atoms with Crippen LogP contribution in [0.3, 0.4) is 0 Å². The number of halogens is 1. The van der Waals surface area contributed by atoms with E-state index in [0.717, 1.165) is 21.8 Å². The molecule has 1 fully saturated rings. The van der Waals surface area contributed by atoms with Gasteiger partial charge in [-0.2, -0.15) is 5.10 Å². The topological polar surface area (TPSA) is 34.9 Å². The van der Waals surface area contributed by atoms with Gasteiger partial charge in [-0.05, 0) is 30.9 Å². The van der Waals surface area contributed by atoms with E-state index in [2.05, 4.69) is 21.0 Å². The predicted molar refractivity (Wildman–Crippen MR) is 66.4 cm³/mol. The van der Waals surface area contributed by atoms with E-state index in [-0.39, 0.29) is 5.56 Å². The highest BCUT2D eigenvalue weighted by molar-refractivity contribution is 9.10. The third kappa shape index (κ3) is 1.78. The molecule has 0 N–H and O–H groups in total. The summed E-state index contributed by atoms with van der Waals surface area (Å²) in [5.74, 6) is 0.662. The summed E-state index contributed by atoms with van der Waals surface area (Å²) in [6.07, 6.45) is 4.22. The van der Waals surface area contributed by atoms with Crippen LogP contribution in [0.25, 0.3) is 10.8 Å². The summed E-state index contributed by atoms with van der Waals surface area (Å²) < 4.78 is 2.52. The Bertz CT molecular complexity index is 601. The summed E-state index contributed by atoms with van der Waals surface area (Å²) in [7, 11) is 0. The molecule has 1 aromatic heterocycles. The molecular formula is C12H11BrN2O. The minimum absolute atomic E-state index is 0.0192. The number of aromatic nitrogens is 2. The maximum atomic E-state index is 12.1. The molecule has 1 heterocycles. The quantitative estimate of drug-likeness (QED) is 0.846. The summed E-state index contributed by atoms with van der Waals surface area (Å²) >= 11 is 3.39. The Hall–Kier alpha value is -1.16. The molecule has 1 aliphatic rings. The fourth-order valence-corrected chi connectivity index (χ4v) is 2.19. The Morgan fingerprint density at radius 3 is 3.00 bits per heavy atom. The van der Waals surface area contributed by atoms with E-state index < -0.39 is 0 Å². The highest BCUT2D eigenvalue weighted by atomic mass is 79.9. The first-order valence-electron chi connectivity index (χ1n) is 5.39. The Kier molecular flexibility index (Phi) is 2.32. The Labute approximate surface area is 101 Å². The summed E-state index contributed by atoms with van der Waals surface area (Å²) in [4.78, 5) is 12.1. The van der Waals surface area contributed by atoms with E-state index in [4.69, 9.17) is 0 Å². The highest BCUT2D eigenvalue weighted by Gasteiger charge is 2.22. The second-order valence-corrected chi connectivity index (χ2v) is 5.22. The van der Waals surface area contributed by atoms with Gasteiger partial charge in [-0.1, -0.05) is 22.0 Å². The van der Waals surface area contributed by atoms with Crippen molar-refractivity contribution in [3.8, 4) is 0 Å². The van der Waals surface area contributed by atoms with Crippen LogP contribution in [0.2, 0.25) is 0 Å². The average molecular weight is 279 g/mol. The smallest absolute Gasteiger partial charge is 0.267 e. The number of hydrogen-bond acceptors (Lipinski definition) is 2. The number of fused-ring (bicyclic) bond motifs is 1. The van der Waals surface area contributed by atoms with Crippen molar-refractivity contribution in [1.82, 2.24) is 9.78 Å². The first-order chi connectivity index (χ1) is 7.74. The monoisotopic (exact) mass is 278 g/mol. The number of benzene rings is 1. The third-order valence-electron chi connectivity index (χ3n) is 2.94. The molecule has 82 valence electrons. The molecule has 1 saturated carbocycles. The summed E-state index contributed by atoms with van der Waals surface area (Å²) in [6, 6.07) is 5.70. The Morgan fingerprint density at radius 1 is 1.44 bits per heavy atom. The van der Waals surface area contributed by atoms with E-state index in [1.54, 1.807) is 10.9 Å². The highest BCUT2D eigenvalue weighted by Crippen LogP contribution is 2.29. The van der Waals surface area contributed by atoms with E-state index in [9.17, 15) is 4.79 Å². The molecule has 1 aliphatic carbocycles. The zero-order valence-corrected chi connectivity index (χ0v) is 10.3. The molecule has 0 radical (unpaired) electrons. The van der Waals surface area contributed by atoms with Crippen LogP contribution in [0.15, 0.2) is 33.7 Å². The van der Waals surface area contributed by atoms with E-state index >= 15 is 0 Å². The fraction of sp³-hybridized carbons (Fsp3) is 0.333. The Morgan fingerprint density at radius 2 is 2.25 bits per heavy atom. The second kappa shape index (κ2) is 3.70. The number of hydrogen-bond donors (Lipinski definition) is 0. The summed E-state index contributed by atoms with van der Waals surface area (Å²) in [5, 5.41) is 5.85. The second-order valence-electron chi connectivity index (χ2n) is 4.31. The first kappa shape index (κ1) is 10.0. The van der Waals surface area contributed by atoms with Crippen LogP contribution in [0, 0.1) is 5.92 Å². The molecule has 0 spiro atoms. The Balaban J connectivity index is 2.17. The third-order valence-corrected chi connectivity index (χ3v) is 3.44. The molecule has 3 nitrogen and oxygen atoms in total. The molecule has 0 bridgehead atoms. The average Bonchev–Trinajstić information content (AvgIpc) is 3.07. The van der Waals surface area contributed by atoms with Gasteiger partial charge in [0.05, 0.1) is 11.6 Å². The van der Waals surface area contributed by atoms with Crippen molar-refractivity contribution in [2.75, 3.05) is 0 Å². The maximum Gasteiger partial charge on any atom is 0.274 e. The van der Waals surface area contributed by atoms with Crippen LogP contribution in [-0.4, -0.2) is 9.78 Å².